The highest BCUT2D eigenvalue weighted by Crippen LogP contribution is 2.20. The van der Waals surface area contributed by atoms with E-state index in [0.717, 1.165) is 33.4 Å². The third-order valence-corrected chi connectivity index (χ3v) is 5.37. The lowest BCUT2D eigenvalue weighted by Gasteiger charge is -2.03. The van der Waals surface area contributed by atoms with Crippen molar-refractivity contribution in [3.63, 3.8) is 0 Å². The van der Waals surface area contributed by atoms with Crippen molar-refractivity contribution in [1.82, 2.24) is 0 Å². The molecule has 0 aromatic heterocycles. The number of allylic oxidation sites excluding steroid dienone is 1. The molecule has 0 fully saturated rings. The molecular formula is C29H26N2O4. The van der Waals surface area contributed by atoms with Crippen molar-refractivity contribution in [1.29, 1.82) is 0 Å². The molecule has 0 amide bonds. The molecule has 6 nitrogen and oxygen atoms in total. The fraction of sp³-hybridized carbons (Fsp3) is 0.103. The Balaban J connectivity index is 0.000000196. The van der Waals surface area contributed by atoms with Crippen LogP contribution in [0.1, 0.15) is 11.1 Å². The zero-order valence-corrected chi connectivity index (χ0v) is 19.2. The SMILES string of the molecule is C=C(Cc1ccc(-c2ccccc2)cc1)[N+](=O)[O-].O=[N+]([O-])CCc1ccc(-c2ccccc2)cc1. The molecule has 6 heteroatoms. The fourth-order valence-electron chi connectivity index (χ4n) is 3.46. The summed E-state index contributed by atoms with van der Waals surface area (Å²) >= 11 is 0. The van der Waals surface area contributed by atoms with Crippen molar-refractivity contribution in [2.24, 2.45) is 0 Å². The summed E-state index contributed by atoms with van der Waals surface area (Å²) in [7, 11) is 0. The standard InChI is InChI=1S/C15H13NO2.C14H13NO2/c1-12(16(17)18)11-13-7-9-15(10-8-13)14-5-3-2-4-6-14;16-15(17)11-10-12-6-8-14(9-7-12)13-4-2-1-3-5-13/h2-10H,1,11H2;1-9H,10-11H2. The summed E-state index contributed by atoms with van der Waals surface area (Å²) in [6, 6.07) is 35.7. The maximum atomic E-state index is 10.5. The number of hydrogen-bond donors (Lipinski definition) is 0. The molecule has 0 aliphatic heterocycles. The molecule has 0 heterocycles. The summed E-state index contributed by atoms with van der Waals surface area (Å²) in [6.45, 7) is 3.42. The topological polar surface area (TPSA) is 86.3 Å². The van der Waals surface area contributed by atoms with Gasteiger partial charge in [0.15, 0.2) is 0 Å². The molecule has 35 heavy (non-hydrogen) atoms. The van der Waals surface area contributed by atoms with Crippen molar-refractivity contribution in [3.8, 4) is 22.3 Å². The zero-order chi connectivity index (χ0) is 25.0. The normalized spacial score (nSPS) is 10.1. The quantitative estimate of drug-likeness (QED) is 0.210. The molecule has 0 radical (unpaired) electrons. The Kier molecular flexibility index (Phi) is 9.02. The maximum Gasteiger partial charge on any atom is 0.243 e. The van der Waals surface area contributed by atoms with E-state index in [0.29, 0.717) is 6.42 Å². The van der Waals surface area contributed by atoms with Gasteiger partial charge in [-0.2, -0.15) is 0 Å². The van der Waals surface area contributed by atoms with E-state index in [1.807, 2.05) is 109 Å². The Morgan fingerprint density at radius 2 is 1.00 bits per heavy atom. The molecule has 0 saturated heterocycles. The van der Waals surface area contributed by atoms with Crippen LogP contribution in [0.15, 0.2) is 121 Å². The first-order chi connectivity index (χ1) is 16.9. The van der Waals surface area contributed by atoms with Crippen molar-refractivity contribution >= 4 is 0 Å². The van der Waals surface area contributed by atoms with Gasteiger partial charge in [-0.1, -0.05) is 109 Å². The molecular weight excluding hydrogens is 440 g/mol. The first kappa shape index (κ1) is 25.1. The number of nitro groups is 2. The Hall–Kier alpha value is -4.58. The van der Waals surface area contributed by atoms with Crippen LogP contribution in [-0.2, 0) is 12.8 Å². The second-order valence-electron chi connectivity index (χ2n) is 7.93. The smallest absolute Gasteiger partial charge is 0.243 e. The van der Waals surface area contributed by atoms with Gasteiger partial charge in [0.05, 0.1) is 11.3 Å². The van der Waals surface area contributed by atoms with Crippen molar-refractivity contribution in [3.05, 3.63) is 153 Å². The van der Waals surface area contributed by atoms with Gasteiger partial charge in [-0.05, 0) is 40.0 Å². The lowest BCUT2D eigenvalue weighted by molar-refractivity contribution is -0.479. The predicted molar refractivity (Wildman–Crippen MR) is 139 cm³/mol. The second kappa shape index (κ2) is 12.6. The van der Waals surface area contributed by atoms with Gasteiger partial charge in [0.25, 0.3) is 0 Å². The third kappa shape index (κ3) is 8.05. The second-order valence-corrected chi connectivity index (χ2v) is 7.93. The highest BCUT2D eigenvalue weighted by molar-refractivity contribution is 5.64. The van der Waals surface area contributed by atoms with Crippen LogP contribution in [0.5, 0.6) is 0 Å². The van der Waals surface area contributed by atoms with Crippen molar-refractivity contribution in [2.45, 2.75) is 12.8 Å². The van der Waals surface area contributed by atoms with E-state index in [-0.39, 0.29) is 23.6 Å². The minimum Gasteiger partial charge on any atom is -0.265 e. The minimum absolute atomic E-state index is 0.00924. The summed E-state index contributed by atoms with van der Waals surface area (Å²) in [4.78, 5) is 20.0. The lowest BCUT2D eigenvalue weighted by atomic mass is 10.0. The average molecular weight is 467 g/mol. The van der Waals surface area contributed by atoms with Crippen molar-refractivity contribution < 1.29 is 9.85 Å². The zero-order valence-electron chi connectivity index (χ0n) is 19.2. The Morgan fingerprint density at radius 3 is 1.40 bits per heavy atom. The first-order valence-electron chi connectivity index (χ1n) is 11.1. The van der Waals surface area contributed by atoms with Gasteiger partial charge < -0.3 is 0 Å². The van der Waals surface area contributed by atoms with E-state index >= 15 is 0 Å². The van der Waals surface area contributed by atoms with E-state index in [4.69, 9.17) is 0 Å². The first-order valence-corrected chi connectivity index (χ1v) is 11.1. The van der Waals surface area contributed by atoms with E-state index in [9.17, 15) is 20.2 Å². The van der Waals surface area contributed by atoms with Crippen molar-refractivity contribution in [2.75, 3.05) is 6.54 Å². The molecule has 0 spiro atoms. The van der Waals surface area contributed by atoms with Crippen LogP contribution in [0.2, 0.25) is 0 Å². The summed E-state index contributed by atoms with van der Waals surface area (Å²) in [5.41, 5.74) is 6.45. The fourth-order valence-corrected chi connectivity index (χ4v) is 3.46. The van der Waals surface area contributed by atoms with Gasteiger partial charge in [-0.25, -0.2) is 0 Å². The molecule has 0 saturated carbocycles. The van der Waals surface area contributed by atoms with Crippen LogP contribution >= 0.6 is 0 Å². The predicted octanol–water partition coefficient (Wildman–Crippen LogP) is 6.86. The molecule has 4 aromatic carbocycles. The van der Waals surface area contributed by atoms with Crippen LogP contribution in [0.25, 0.3) is 22.3 Å². The van der Waals surface area contributed by atoms with Crippen LogP contribution < -0.4 is 0 Å². The molecule has 0 bridgehead atoms. The Labute approximate surface area is 204 Å². The average Bonchev–Trinajstić information content (AvgIpc) is 2.89. The van der Waals surface area contributed by atoms with Crippen LogP contribution in [0, 0.1) is 20.2 Å². The molecule has 0 aliphatic carbocycles. The van der Waals surface area contributed by atoms with E-state index in [2.05, 4.69) is 6.58 Å². The third-order valence-electron chi connectivity index (χ3n) is 5.37. The summed E-state index contributed by atoms with van der Waals surface area (Å²) in [6.07, 6.45) is 0.768. The minimum atomic E-state index is -0.439. The maximum absolute atomic E-state index is 10.5. The molecule has 176 valence electrons. The summed E-state index contributed by atoms with van der Waals surface area (Å²) < 4.78 is 0. The Morgan fingerprint density at radius 1 is 0.600 bits per heavy atom. The molecule has 0 N–H and O–H groups in total. The van der Waals surface area contributed by atoms with Gasteiger partial charge in [-0.3, -0.25) is 20.2 Å². The number of nitrogens with zero attached hydrogens (tertiary/aromatic N) is 2. The molecule has 4 aromatic rings. The number of hydrogen-bond acceptors (Lipinski definition) is 4. The number of rotatable bonds is 8. The summed E-state index contributed by atoms with van der Waals surface area (Å²) in [5.74, 6) is 0. The molecule has 0 unspecified atom stereocenters. The van der Waals surface area contributed by atoms with Crippen LogP contribution in [-0.4, -0.2) is 16.4 Å². The van der Waals surface area contributed by atoms with Crippen LogP contribution in [0.4, 0.5) is 0 Å². The molecule has 0 atom stereocenters. The molecule has 4 rings (SSSR count). The Bertz CT molecular complexity index is 1250. The monoisotopic (exact) mass is 466 g/mol. The summed E-state index contributed by atoms with van der Waals surface area (Å²) in [5, 5.41) is 20.8. The lowest BCUT2D eigenvalue weighted by Crippen LogP contribution is -2.03. The van der Waals surface area contributed by atoms with Gasteiger partial charge >= 0.3 is 0 Å². The van der Waals surface area contributed by atoms with E-state index in [1.54, 1.807) is 0 Å². The largest absolute Gasteiger partial charge is 0.265 e. The van der Waals surface area contributed by atoms with Crippen LogP contribution in [0.3, 0.4) is 0 Å². The highest BCUT2D eigenvalue weighted by Gasteiger charge is 2.07. The van der Waals surface area contributed by atoms with Gasteiger partial charge in [0.1, 0.15) is 0 Å². The van der Waals surface area contributed by atoms with Gasteiger partial charge in [0, 0.05) is 11.3 Å². The molecule has 0 aliphatic rings. The highest BCUT2D eigenvalue weighted by atomic mass is 16.6. The van der Waals surface area contributed by atoms with Gasteiger partial charge in [0.2, 0.25) is 12.2 Å². The van der Waals surface area contributed by atoms with E-state index in [1.165, 1.54) is 0 Å². The van der Waals surface area contributed by atoms with E-state index < -0.39 is 4.92 Å². The van der Waals surface area contributed by atoms with Gasteiger partial charge in [-0.15, -0.1) is 0 Å². The number of benzene rings is 4.